The molecule has 1 aliphatic heterocycles. The molecule has 0 radical (unpaired) electrons. The summed E-state index contributed by atoms with van der Waals surface area (Å²) in [6.45, 7) is 4.04. The quantitative estimate of drug-likeness (QED) is 0.236. The van der Waals surface area contributed by atoms with Crippen LogP contribution in [0, 0.1) is 7.14 Å². The second-order valence-electron chi connectivity index (χ2n) is 6.70. The van der Waals surface area contributed by atoms with Gasteiger partial charge in [0.05, 0.1) is 7.14 Å². The standard InChI is InChI=1S/C20H20I2N2O4/c1-2-8-28-17-15(21)10-12(11-16(17)22)9-14-18(25)23-20(27)24(19(14)26)13-6-4-3-5-7-13/h2,9-11,13H,1,3-8H2,(H,23,25,27). The fourth-order valence-electron chi connectivity index (χ4n) is 3.45. The maximum absolute atomic E-state index is 13.0. The summed E-state index contributed by atoms with van der Waals surface area (Å²) in [6, 6.07) is 2.93. The van der Waals surface area contributed by atoms with Crippen molar-refractivity contribution < 1.29 is 19.1 Å². The largest absolute Gasteiger partial charge is 0.487 e. The zero-order valence-corrected chi connectivity index (χ0v) is 19.5. The highest BCUT2D eigenvalue weighted by Gasteiger charge is 2.40. The van der Waals surface area contributed by atoms with Crippen molar-refractivity contribution in [1.82, 2.24) is 10.2 Å². The molecule has 6 nitrogen and oxygen atoms in total. The van der Waals surface area contributed by atoms with Crippen LogP contribution in [-0.2, 0) is 9.59 Å². The molecule has 8 heteroatoms. The highest BCUT2D eigenvalue weighted by molar-refractivity contribution is 14.1. The van der Waals surface area contributed by atoms with Gasteiger partial charge in [-0.3, -0.25) is 19.8 Å². The van der Waals surface area contributed by atoms with Crippen molar-refractivity contribution in [2.45, 2.75) is 38.1 Å². The van der Waals surface area contributed by atoms with E-state index in [2.05, 4.69) is 57.1 Å². The Balaban J connectivity index is 1.91. The van der Waals surface area contributed by atoms with Gasteiger partial charge in [-0.1, -0.05) is 31.9 Å². The molecule has 28 heavy (non-hydrogen) atoms. The summed E-state index contributed by atoms with van der Waals surface area (Å²) in [6.07, 6.45) is 7.86. The van der Waals surface area contributed by atoms with E-state index < -0.39 is 17.8 Å². The minimum Gasteiger partial charge on any atom is -0.487 e. The van der Waals surface area contributed by atoms with Crippen LogP contribution in [0.1, 0.15) is 37.7 Å². The minimum atomic E-state index is -0.654. The Morgan fingerprint density at radius 1 is 1.14 bits per heavy atom. The lowest BCUT2D eigenvalue weighted by molar-refractivity contribution is -0.132. The number of nitrogens with zero attached hydrogens (tertiary/aromatic N) is 1. The Labute approximate surface area is 191 Å². The Bertz CT molecular complexity index is 837. The monoisotopic (exact) mass is 606 g/mol. The predicted octanol–water partition coefficient (Wildman–Crippen LogP) is 4.26. The van der Waals surface area contributed by atoms with Crippen LogP contribution >= 0.6 is 45.2 Å². The average molecular weight is 606 g/mol. The van der Waals surface area contributed by atoms with Crippen LogP contribution in [0.15, 0.2) is 30.4 Å². The highest BCUT2D eigenvalue weighted by atomic mass is 127. The van der Waals surface area contributed by atoms with E-state index in [1.165, 1.54) is 4.90 Å². The van der Waals surface area contributed by atoms with Gasteiger partial charge in [-0.15, -0.1) is 0 Å². The molecule has 4 amide bonds. The van der Waals surface area contributed by atoms with Gasteiger partial charge < -0.3 is 4.74 Å². The third kappa shape index (κ3) is 4.58. The Hall–Kier alpha value is -1.43. The molecule has 0 bridgehead atoms. The molecule has 0 aromatic heterocycles. The number of hydrogen-bond donors (Lipinski definition) is 1. The Morgan fingerprint density at radius 2 is 1.79 bits per heavy atom. The zero-order chi connectivity index (χ0) is 20.3. The number of hydrogen-bond acceptors (Lipinski definition) is 4. The van der Waals surface area contributed by atoms with Gasteiger partial charge in [-0.2, -0.15) is 0 Å². The van der Waals surface area contributed by atoms with Crippen LogP contribution in [-0.4, -0.2) is 35.4 Å². The number of rotatable bonds is 5. The summed E-state index contributed by atoms with van der Waals surface area (Å²) < 4.78 is 7.39. The van der Waals surface area contributed by atoms with Crippen LogP contribution < -0.4 is 10.1 Å². The highest BCUT2D eigenvalue weighted by Crippen LogP contribution is 2.31. The van der Waals surface area contributed by atoms with Gasteiger partial charge in [-0.05, 0) is 81.8 Å². The normalized spacial score (nSPS) is 19.7. The number of halogens is 2. The molecule has 0 atom stereocenters. The maximum atomic E-state index is 13.0. The molecule has 1 aromatic rings. The van der Waals surface area contributed by atoms with E-state index in [0.717, 1.165) is 45.0 Å². The summed E-state index contributed by atoms with van der Waals surface area (Å²) >= 11 is 4.31. The maximum Gasteiger partial charge on any atom is 0.331 e. The van der Waals surface area contributed by atoms with Crippen LogP contribution in [0.4, 0.5) is 4.79 Å². The zero-order valence-electron chi connectivity index (χ0n) is 15.2. The fourth-order valence-corrected chi connectivity index (χ4v) is 5.58. The minimum absolute atomic E-state index is 0.0171. The van der Waals surface area contributed by atoms with Crippen molar-refractivity contribution in [3.8, 4) is 5.75 Å². The van der Waals surface area contributed by atoms with E-state index in [1.807, 2.05) is 12.1 Å². The fraction of sp³-hybridized carbons (Fsp3) is 0.350. The number of barbiturate groups is 1. The third-order valence-corrected chi connectivity index (χ3v) is 6.35. The molecular formula is C20H20I2N2O4. The number of benzene rings is 1. The van der Waals surface area contributed by atoms with Crippen molar-refractivity contribution >= 4 is 69.1 Å². The Kier molecular flexibility index (Phi) is 7.13. The third-order valence-electron chi connectivity index (χ3n) is 4.75. The van der Waals surface area contributed by atoms with E-state index in [1.54, 1.807) is 12.2 Å². The van der Waals surface area contributed by atoms with E-state index >= 15 is 0 Å². The summed E-state index contributed by atoms with van der Waals surface area (Å²) in [5, 5.41) is 2.32. The first-order valence-corrected chi connectivity index (χ1v) is 11.2. The Morgan fingerprint density at radius 3 is 2.39 bits per heavy atom. The first-order valence-electron chi connectivity index (χ1n) is 9.05. The van der Waals surface area contributed by atoms with Crippen molar-refractivity contribution in [3.05, 3.63) is 43.1 Å². The second-order valence-corrected chi connectivity index (χ2v) is 9.02. The van der Waals surface area contributed by atoms with Crippen molar-refractivity contribution in [3.63, 3.8) is 0 Å². The first kappa shape index (κ1) is 21.3. The lowest BCUT2D eigenvalue weighted by atomic mass is 9.93. The van der Waals surface area contributed by atoms with E-state index in [0.29, 0.717) is 12.2 Å². The molecule has 2 aliphatic rings. The number of amides is 4. The van der Waals surface area contributed by atoms with E-state index in [9.17, 15) is 14.4 Å². The molecule has 148 valence electrons. The summed E-state index contributed by atoms with van der Waals surface area (Å²) in [5.41, 5.74) is 0.688. The van der Waals surface area contributed by atoms with E-state index in [-0.39, 0.29) is 11.6 Å². The predicted molar refractivity (Wildman–Crippen MR) is 123 cm³/mol. The van der Waals surface area contributed by atoms with Crippen molar-refractivity contribution in [2.75, 3.05) is 6.61 Å². The topological polar surface area (TPSA) is 75.7 Å². The lowest BCUT2D eigenvalue weighted by Gasteiger charge is -2.35. The van der Waals surface area contributed by atoms with Crippen molar-refractivity contribution in [1.29, 1.82) is 0 Å². The van der Waals surface area contributed by atoms with Gasteiger partial charge in [0.2, 0.25) is 0 Å². The number of imide groups is 2. The first-order chi connectivity index (χ1) is 13.4. The van der Waals surface area contributed by atoms with Gasteiger partial charge in [0, 0.05) is 6.04 Å². The number of nitrogens with one attached hydrogen (secondary N) is 1. The summed E-state index contributed by atoms with van der Waals surface area (Å²) in [5.74, 6) is -0.432. The van der Waals surface area contributed by atoms with Gasteiger partial charge >= 0.3 is 6.03 Å². The molecule has 0 spiro atoms. The van der Waals surface area contributed by atoms with Gasteiger partial charge in [-0.25, -0.2) is 4.79 Å². The second kappa shape index (κ2) is 9.38. The SMILES string of the molecule is C=CCOc1c(I)cc(C=C2C(=O)NC(=O)N(C3CCCCC3)C2=O)cc1I. The van der Waals surface area contributed by atoms with Gasteiger partial charge in [0.1, 0.15) is 17.9 Å². The molecule has 1 heterocycles. The number of carbonyl (C=O) groups is 3. The molecule has 2 fully saturated rings. The molecule has 1 aliphatic carbocycles. The smallest absolute Gasteiger partial charge is 0.331 e. The van der Waals surface area contributed by atoms with Crippen LogP contribution in [0.3, 0.4) is 0 Å². The van der Waals surface area contributed by atoms with Crippen LogP contribution in [0.5, 0.6) is 5.75 Å². The number of urea groups is 1. The molecular weight excluding hydrogens is 586 g/mol. The average Bonchev–Trinajstić information content (AvgIpc) is 2.65. The van der Waals surface area contributed by atoms with Gasteiger partial charge in [0.15, 0.2) is 0 Å². The molecule has 3 rings (SSSR count). The van der Waals surface area contributed by atoms with Crippen LogP contribution in [0.25, 0.3) is 6.08 Å². The van der Waals surface area contributed by atoms with E-state index in [4.69, 9.17) is 4.74 Å². The molecule has 1 saturated carbocycles. The summed E-state index contributed by atoms with van der Waals surface area (Å²) in [7, 11) is 0. The molecule has 1 aromatic carbocycles. The van der Waals surface area contributed by atoms with Crippen molar-refractivity contribution in [2.24, 2.45) is 0 Å². The lowest BCUT2D eigenvalue weighted by Crippen LogP contribution is -2.58. The van der Waals surface area contributed by atoms with Gasteiger partial charge in [0.25, 0.3) is 11.8 Å². The molecule has 0 unspecified atom stereocenters. The number of ether oxygens (including phenoxy) is 1. The summed E-state index contributed by atoms with van der Waals surface area (Å²) in [4.78, 5) is 38.8. The molecule has 1 saturated heterocycles. The molecule has 1 N–H and O–H groups in total. The number of carbonyl (C=O) groups excluding carboxylic acids is 3. The van der Waals surface area contributed by atoms with Crippen LogP contribution in [0.2, 0.25) is 0 Å².